The smallest absolute Gasteiger partial charge is 0.252 e. The van der Waals surface area contributed by atoms with Crippen LogP contribution >= 0.6 is 11.3 Å². The molecule has 5 nitrogen and oxygen atoms in total. The van der Waals surface area contributed by atoms with Crippen LogP contribution in [0.1, 0.15) is 15.2 Å². The van der Waals surface area contributed by atoms with Crippen LogP contribution < -0.4 is 5.32 Å². The van der Waals surface area contributed by atoms with E-state index in [2.05, 4.69) is 22.1 Å². The largest absolute Gasteiger partial charge is 0.384 e. The van der Waals surface area contributed by atoms with Crippen molar-refractivity contribution in [2.24, 2.45) is 0 Å². The molecule has 0 atom stereocenters. The number of carbonyl (C=O) groups excluding carboxylic acids is 1. The Morgan fingerprint density at radius 3 is 3.05 bits per heavy atom. The van der Waals surface area contributed by atoms with Gasteiger partial charge >= 0.3 is 0 Å². The van der Waals surface area contributed by atoms with Crippen LogP contribution in [-0.4, -0.2) is 62.9 Å². The van der Waals surface area contributed by atoms with Crippen molar-refractivity contribution in [3.8, 4) is 11.8 Å². The molecule has 20 heavy (non-hydrogen) atoms. The van der Waals surface area contributed by atoms with Gasteiger partial charge in [-0.2, -0.15) is 0 Å². The summed E-state index contributed by atoms with van der Waals surface area (Å²) in [6, 6.07) is 1.73. The van der Waals surface area contributed by atoms with E-state index in [1.807, 2.05) is 7.05 Å². The van der Waals surface area contributed by atoms with Crippen molar-refractivity contribution in [2.45, 2.75) is 0 Å². The number of likely N-dealkylation sites (N-methyl/N-ethyl adjacent to an activating group) is 1. The minimum absolute atomic E-state index is 0.0987. The van der Waals surface area contributed by atoms with E-state index in [1.165, 1.54) is 11.3 Å². The van der Waals surface area contributed by atoms with Crippen LogP contribution in [0.5, 0.6) is 0 Å². The van der Waals surface area contributed by atoms with Gasteiger partial charge in [0.2, 0.25) is 0 Å². The Morgan fingerprint density at radius 2 is 2.35 bits per heavy atom. The highest BCUT2D eigenvalue weighted by atomic mass is 32.1. The molecule has 1 amide bonds. The zero-order valence-electron chi connectivity index (χ0n) is 11.8. The number of thiophene rings is 1. The van der Waals surface area contributed by atoms with Crippen molar-refractivity contribution in [1.29, 1.82) is 0 Å². The maximum absolute atomic E-state index is 11.9. The predicted octanol–water partition coefficient (Wildman–Crippen LogP) is 0.400. The number of carbonyl (C=O) groups is 1. The number of hydrogen-bond donors (Lipinski definition) is 2. The fraction of sp³-hybridized carbons (Fsp3) is 0.500. The van der Waals surface area contributed by atoms with Gasteiger partial charge in [-0.3, -0.25) is 4.79 Å². The van der Waals surface area contributed by atoms with Crippen LogP contribution in [-0.2, 0) is 4.74 Å². The normalized spacial score (nSPS) is 10.2. The molecule has 0 aliphatic heterocycles. The van der Waals surface area contributed by atoms with Gasteiger partial charge in [0.1, 0.15) is 6.61 Å². The van der Waals surface area contributed by atoms with E-state index in [1.54, 1.807) is 18.6 Å². The first-order chi connectivity index (χ1) is 9.67. The Kier molecular flexibility index (Phi) is 7.92. The average Bonchev–Trinajstić information content (AvgIpc) is 2.91. The topological polar surface area (TPSA) is 61.8 Å². The third kappa shape index (κ3) is 6.17. The quantitative estimate of drug-likeness (QED) is 0.715. The Labute approximate surface area is 123 Å². The summed E-state index contributed by atoms with van der Waals surface area (Å²) in [6.45, 7) is 2.71. The van der Waals surface area contributed by atoms with Gasteiger partial charge in [0.15, 0.2) is 0 Å². The number of methoxy groups -OCH3 is 1. The molecule has 2 N–H and O–H groups in total. The SMILES string of the molecule is COCCN(C)CCNC(=O)c1csc(C#CCO)c1. The number of nitrogens with one attached hydrogen (secondary N) is 1. The number of rotatable bonds is 7. The Hall–Kier alpha value is -1.39. The number of aliphatic hydroxyl groups is 1. The highest BCUT2D eigenvalue weighted by Crippen LogP contribution is 2.13. The molecular weight excluding hydrogens is 276 g/mol. The van der Waals surface area contributed by atoms with Crippen molar-refractivity contribution < 1.29 is 14.6 Å². The first kappa shape index (κ1) is 16.7. The van der Waals surface area contributed by atoms with Gasteiger partial charge in [-0.1, -0.05) is 11.8 Å². The lowest BCUT2D eigenvalue weighted by atomic mass is 10.3. The van der Waals surface area contributed by atoms with E-state index in [-0.39, 0.29) is 12.5 Å². The molecule has 0 fully saturated rings. The minimum Gasteiger partial charge on any atom is -0.384 e. The Balaban J connectivity index is 2.34. The average molecular weight is 296 g/mol. The molecule has 1 aromatic heterocycles. The number of nitrogens with zero attached hydrogens (tertiary/aromatic N) is 1. The molecule has 0 spiro atoms. The van der Waals surface area contributed by atoms with Gasteiger partial charge in [0.25, 0.3) is 5.91 Å². The fourth-order valence-electron chi connectivity index (χ4n) is 1.47. The zero-order chi connectivity index (χ0) is 14.8. The fourth-order valence-corrected chi connectivity index (χ4v) is 2.22. The zero-order valence-corrected chi connectivity index (χ0v) is 12.6. The standard InChI is InChI=1S/C14H20N2O3S/c1-16(7-9-19-2)6-5-15-14(18)12-10-13(20-11-12)4-3-8-17/h10-11,17H,5-9H2,1-2H3,(H,15,18). The number of hydrogen-bond acceptors (Lipinski definition) is 5. The van der Waals surface area contributed by atoms with Crippen LogP contribution in [0.3, 0.4) is 0 Å². The molecule has 0 bridgehead atoms. The summed E-state index contributed by atoms with van der Waals surface area (Å²) in [5.74, 6) is 5.25. The minimum atomic E-state index is -0.173. The van der Waals surface area contributed by atoms with E-state index in [9.17, 15) is 4.79 Å². The summed E-state index contributed by atoms with van der Waals surface area (Å²) in [5.41, 5.74) is 0.608. The van der Waals surface area contributed by atoms with Crippen LogP contribution in [0, 0.1) is 11.8 Å². The molecule has 1 aromatic rings. The van der Waals surface area contributed by atoms with Crippen LogP contribution in [0.4, 0.5) is 0 Å². The van der Waals surface area contributed by atoms with Crippen molar-refractivity contribution in [3.05, 3.63) is 21.9 Å². The summed E-state index contributed by atoms with van der Waals surface area (Å²) >= 11 is 1.40. The van der Waals surface area contributed by atoms with Gasteiger partial charge in [-0.05, 0) is 13.1 Å². The monoisotopic (exact) mass is 296 g/mol. The third-order valence-corrected chi connectivity index (χ3v) is 3.45. The van der Waals surface area contributed by atoms with Crippen LogP contribution in [0.2, 0.25) is 0 Å². The third-order valence-electron chi connectivity index (χ3n) is 2.61. The molecule has 6 heteroatoms. The molecule has 0 saturated heterocycles. The maximum Gasteiger partial charge on any atom is 0.252 e. The lowest BCUT2D eigenvalue weighted by Gasteiger charge is -2.15. The lowest BCUT2D eigenvalue weighted by molar-refractivity contribution is 0.0948. The molecule has 1 rings (SSSR count). The summed E-state index contributed by atoms with van der Waals surface area (Å²) in [7, 11) is 3.65. The first-order valence-corrected chi connectivity index (χ1v) is 7.19. The van der Waals surface area contributed by atoms with E-state index >= 15 is 0 Å². The van der Waals surface area contributed by atoms with Crippen molar-refractivity contribution in [3.63, 3.8) is 0 Å². The Morgan fingerprint density at radius 1 is 1.55 bits per heavy atom. The van der Waals surface area contributed by atoms with E-state index < -0.39 is 0 Å². The van der Waals surface area contributed by atoms with Crippen molar-refractivity contribution >= 4 is 17.2 Å². The number of ether oxygens (including phenoxy) is 1. The molecule has 1 heterocycles. The molecule has 0 aliphatic rings. The van der Waals surface area contributed by atoms with E-state index in [0.29, 0.717) is 18.7 Å². The second kappa shape index (κ2) is 9.50. The summed E-state index contributed by atoms with van der Waals surface area (Å²) in [6.07, 6.45) is 0. The lowest BCUT2D eigenvalue weighted by Crippen LogP contribution is -2.34. The summed E-state index contributed by atoms with van der Waals surface area (Å²) in [5, 5.41) is 13.2. The molecule has 110 valence electrons. The second-order valence-corrected chi connectivity index (χ2v) is 5.12. The second-order valence-electron chi connectivity index (χ2n) is 4.21. The molecule has 0 unspecified atom stereocenters. The van der Waals surface area contributed by atoms with Crippen molar-refractivity contribution in [2.75, 3.05) is 47.0 Å². The van der Waals surface area contributed by atoms with Gasteiger partial charge in [0.05, 0.1) is 17.0 Å². The molecule has 0 aliphatic carbocycles. The molecule has 0 radical (unpaired) electrons. The highest BCUT2D eigenvalue weighted by Gasteiger charge is 2.07. The molecular formula is C14H20N2O3S. The molecule has 0 saturated carbocycles. The maximum atomic E-state index is 11.9. The Bertz CT molecular complexity index is 476. The van der Waals surface area contributed by atoms with Gasteiger partial charge in [-0.15, -0.1) is 11.3 Å². The van der Waals surface area contributed by atoms with Crippen LogP contribution in [0.25, 0.3) is 0 Å². The first-order valence-electron chi connectivity index (χ1n) is 6.31. The number of aliphatic hydroxyl groups excluding tert-OH is 1. The van der Waals surface area contributed by atoms with Crippen LogP contribution in [0.15, 0.2) is 11.4 Å². The van der Waals surface area contributed by atoms with Crippen molar-refractivity contribution in [1.82, 2.24) is 10.2 Å². The van der Waals surface area contributed by atoms with E-state index in [4.69, 9.17) is 9.84 Å². The highest BCUT2D eigenvalue weighted by molar-refractivity contribution is 7.10. The van der Waals surface area contributed by atoms with Gasteiger partial charge < -0.3 is 20.1 Å². The number of amides is 1. The van der Waals surface area contributed by atoms with E-state index in [0.717, 1.165) is 18.0 Å². The molecule has 0 aromatic carbocycles. The summed E-state index contributed by atoms with van der Waals surface area (Å²) in [4.78, 5) is 14.8. The predicted molar refractivity (Wildman–Crippen MR) is 80.0 cm³/mol. The van der Waals surface area contributed by atoms with Gasteiger partial charge in [-0.25, -0.2) is 0 Å². The van der Waals surface area contributed by atoms with Gasteiger partial charge in [0, 0.05) is 32.1 Å². The summed E-state index contributed by atoms with van der Waals surface area (Å²) < 4.78 is 4.99.